The highest BCUT2D eigenvalue weighted by Crippen LogP contribution is 2.66. The van der Waals surface area contributed by atoms with Crippen molar-refractivity contribution in [2.24, 2.45) is 17.8 Å². The van der Waals surface area contributed by atoms with Crippen LogP contribution in [-0.4, -0.2) is 64.6 Å². The highest BCUT2D eigenvalue weighted by Gasteiger charge is 2.67. The van der Waals surface area contributed by atoms with Crippen LogP contribution < -0.4 is 9.47 Å². The van der Waals surface area contributed by atoms with E-state index < -0.39 is 5.97 Å². The zero-order valence-corrected chi connectivity index (χ0v) is 32.1. The fourth-order valence-electron chi connectivity index (χ4n) is 11.8. The Bertz CT molecular complexity index is 1780. The number of hydrogen-bond acceptors (Lipinski definition) is 6. The van der Waals surface area contributed by atoms with Gasteiger partial charge in [-0.15, -0.1) is 0 Å². The van der Waals surface area contributed by atoms with Gasteiger partial charge in [-0.25, -0.2) is 0 Å². The van der Waals surface area contributed by atoms with Crippen molar-refractivity contribution in [2.75, 3.05) is 19.6 Å². The van der Waals surface area contributed by atoms with Gasteiger partial charge in [-0.1, -0.05) is 106 Å². The van der Waals surface area contributed by atoms with Gasteiger partial charge in [0.25, 0.3) is 0 Å². The molecule has 3 saturated carbocycles. The molecule has 0 unspecified atom stereocenters. The zero-order valence-electron chi connectivity index (χ0n) is 32.1. The summed E-state index contributed by atoms with van der Waals surface area (Å²) in [6.07, 6.45) is 16.4. The minimum absolute atomic E-state index is 0.00768. The number of likely N-dealkylation sites (tertiary alicyclic amines) is 1. The Hall–Kier alpha value is -3.84. The fourth-order valence-corrected chi connectivity index (χ4v) is 11.8. The van der Waals surface area contributed by atoms with Crippen LogP contribution in [0.1, 0.15) is 125 Å². The first-order chi connectivity index (χ1) is 26.4. The molecule has 54 heavy (non-hydrogen) atoms. The number of ether oxygens (including phenoxy) is 2. The number of amides is 1. The average molecular weight is 731 g/mol. The van der Waals surface area contributed by atoms with E-state index >= 15 is 0 Å². The van der Waals surface area contributed by atoms with E-state index in [1.54, 1.807) is 6.07 Å². The Kier molecular flexibility index (Phi) is 9.96. The molecule has 6 aliphatic rings. The van der Waals surface area contributed by atoms with Gasteiger partial charge in [-0.05, 0) is 80.4 Å². The van der Waals surface area contributed by atoms with Crippen molar-refractivity contribution in [1.82, 2.24) is 9.80 Å². The first-order valence-corrected chi connectivity index (χ1v) is 21.3. The minimum atomic E-state index is -0.429. The number of carbonyl (C=O) groups is 2. The molecule has 2 aliphatic heterocycles. The van der Waals surface area contributed by atoms with Crippen LogP contribution in [0.4, 0.5) is 0 Å². The monoisotopic (exact) mass is 730 g/mol. The largest absolute Gasteiger partial charge is 0.508 e. The van der Waals surface area contributed by atoms with Crippen molar-refractivity contribution in [3.05, 3.63) is 89.0 Å². The summed E-state index contributed by atoms with van der Waals surface area (Å²) in [5.74, 6) is 2.87. The van der Waals surface area contributed by atoms with Gasteiger partial charge in [-0.2, -0.15) is 0 Å². The highest BCUT2D eigenvalue weighted by atomic mass is 16.6. The van der Waals surface area contributed by atoms with E-state index in [2.05, 4.69) is 70.5 Å². The summed E-state index contributed by atoms with van der Waals surface area (Å²) in [7, 11) is 0. The summed E-state index contributed by atoms with van der Waals surface area (Å²) in [4.78, 5) is 32.4. The number of piperidine rings is 1. The molecule has 1 saturated heterocycles. The molecule has 3 aromatic carbocycles. The topological polar surface area (TPSA) is 79.3 Å². The van der Waals surface area contributed by atoms with Crippen molar-refractivity contribution in [3.63, 3.8) is 0 Å². The normalized spacial score (nSPS) is 27.3. The lowest BCUT2D eigenvalue weighted by molar-refractivity contribution is -0.143. The minimum Gasteiger partial charge on any atom is -0.508 e. The molecule has 5 atom stereocenters. The van der Waals surface area contributed by atoms with Crippen LogP contribution in [0.2, 0.25) is 0 Å². The van der Waals surface area contributed by atoms with Gasteiger partial charge in [0.1, 0.15) is 11.9 Å². The number of esters is 1. The SMILES string of the molecule is CC(=O)Oc1cc(O)c2c3c1O[C@H]1[C@@H](N(CC(c4ccccc4)c4ccccc4)C(=O)CCCCC4CCCCC4)CC[C@H]4[C@@H](C2)N(CC2CC2)CC[C@@]341. The third-order valence-corrected chi connectivity index (χ3v) is 14.4. The summed E-state index contributed by atoms with van der Waals surface area (Å²) >= 11 is 0. The number of aromatic hydroxyl groups is 1. The molecule has 3 aromatic rings. The molecule has 9 rings (SSSR count). The number of phenols is 1. The summed E-state index contributed by atoms with van der Waals surface area (Å²) in [6.45, 7) is 4.09. The first-order valence-electron chi connectivity index (χ1n) is 21.3. The molecular formula is C47H58N2O5. The van der Waals surface area contributed by atoms with Gasteiger partial charge >= 0.3 is 5.97 Å². The number of benzene rings is 3. The van der Waals surface area contributed by atoms with Gasteiger partial charge in [0.2, 0.25) is 5.91 Å². The Labute approximate surface area is 321 Å². The van der Waals surface area contributed by atoms with E-state index in [1.165, 1.54) is 69.4 Å². The second-order valence-corrected chi connectivity index (χ2v) is 17.6. The van der Waals surface area contributed by atoms with Crippen molar-refractivity contribution < 1.29 is 24.2 Å². The van der Waals surface area contributed by atoms with Crippen molar-refractivity contribution >= 4 is 11.9 Å². The van der Waals surface area contributed by atoms with Gasteiger partial charge in [0.15, 0.2) is 11.5 Å². The molecule has 4 fully saturated rings. The lowest BCUT2D eigenvalue weighted by Crippen LogP contribution is -2.69. The molecule has 4 aliphatic carbocycles. The predicted octanol–water partition coefficient (Wildman–Crippen LogP) is 8.94. The van der Waals surface area contributed by atoms with Crippen molar-refractivity contribution in [2.45, 2.75) is 133 Å². The number of phenolic OH excluding ortho intramolecular Hbond substituents is 1. The number of rotatable bonds is 13. The molecular weight excluding hydrogens is 673 g/mol. The molecule has 286 valence electrons. The maximum atomic E-state index is 15.0. The van der Waals surface area contributed by atoms with E-state index in [0.29, 0.717) is 36.4 Å². The Morgan fingerprint density at radius 3 is 2.33 bits per heavy atom. The number of unbranched alkanes of at least 4 members (excludes halogenated alkanes) is 1. The van der Waals surface area contributed by atoms with Crippen LogP contribution in [0.5, 0.6) is 17.2 Å². The van der Waals surface area contributed by atoms with Crippen molar-refractivity contribution in [3.8, 4) is 17.2 Å². The fraction of sp³-hybridized carbons (Fsp3) is 0.574. The van der Waals surface area contributed by atoms with Crippen LogP contribution in [0.3, 0.4) is 0 Å². The molecule has 7 heteroatoms. The Morgan fingerprint density at radius 2 is 1.65 bits per heavy atom. The van der Waals surface area contributed by atoms with Crippen molar-refractivity contribution in [1.29, 1.82) is 0 Å². The van der Waals surface area contributed by atoms with Crippen LogP contribution in [-0.2, 0) is 21.4 Å². The van der Waals surface area contributed by atoms with Gasteiger partial charge < -0.3 is 19.5 Å². The molecule has 1 spiro atoms. The summed E-state index contributed by atoms with van der Waals surface area (Å²) in [6, 6.07) is 23.1. The Balaban J connectivity index is 1.09. The maximum Gasteiger partial charge on any atom is 0.308 e. The summed E-state index contributed by atoms with van der Waals surface area (Å²) in [5.41, 5.74) is 4.06. The van der Waals surface area contributed by atoms with Crippen LogP contribution >= 0.6 is 0 Å². The second-order valence-electron chi connectivity index (χ2n) is 17.6. The molecule has 2 heterocycles. The zero-order chi connectivity index (χ0) is 36.8. The van der Waals surface area contributed by atoms with E-state index in [0.717, 1.165) is 74.6 Å². The first kappa shape index (κ1) is 35.8. The number of hydrogen-bond donors (Lipinski definition) is 1. The van der Waals surface area contributed by atoms with Crippen LogP contribution in [0.15, 0.2) is 66.7 Å². The Morgan fingerprint density at radius 1 is 0.926 bits per heavy atom. The summed E-state index contributed by atoms with van der Waals surface area (Å²) < 4.78 is 13.0. The van der Waals surface area contributed by atoms with E-state index in [-0.39, 0.29) is 35.1 Å². The average Bonchev–Trinajstić information content (AvgIpc) is 3.95. The van der Waals surface area contributed by atoms with Gasteiger partial charge in [-0.3, -0.25) is 14.5 Å². The second kappa shape index (κ2) is 15.0. The van der Waals surface area contributed by atoms with E-state index in [9.17, 15) is 14.7 Å². The van der Waals surface area contributed by atoms with Gasteiger partial charge in [0, 0.05) is 61.0 Å². The summed E-state index contributed by atoms with van der Waals surface area (Å²) in [5, 5.41) is 11.6. The van der Waals surface area contributed by atoms with Gasteiger partial charge in [0.05, 0.1) is 6.04 Å². The number of carbonyl (C=O) groups excluding carboxylic acids is 2. The molecule has 7 nitrogen and oxygen atoms in total. The predicted molar refractivity (Wildman–Crippen MR) is 210 cm³/mol. The van der Waals surface area contributed by atoms with Crippen LogP contribution in [0.25, 0.3) is 0 Å². The molecule has 2 bridgehead atoms. The standard InChI is InChI=1S/C47H58N2O5/c1-31(50)53-42-28-41(51)36-27-40-38-23-24-39(46-47(38,44(36)45(42)54-46)25-26-48(40)29-33-21-22-33)49(43(52)20-12-11-15-32-13-5-2-6-14-32)30-37(34-16-7-3-8-17-34)35-18-9-4-10-19-35/h3-4,7-10,16-19,28,32-33,37-40,46,51H,2,5-6,11-15,20-27,29-30H2,1H3/t38-,39-,40+,46-,47-/m0/s1. The smallest absolute Gasteiger partial charge is 0.308 e. The van der Waals surface area contributed by atoms with E-state index in [1.807, 2.05) is 0 Å². The third-order valence-electron chi connectivity index (χ3n) is 14.4. The molecule has 1 amide bonds. The molecule has 0 aromatic heterocycles. The molecule has 0 radical (unpaired) electrons. The maximum absolute atomic E-state index is 15.0. The lowest BCUT2D eigenvalue weighted by Gasteiger charge is -2.60. The molecule has 1 N–H and O–H groups in total. The lowest BCUT2D eigenvalue weighted by atomic mass is 9.50. The highest BCUT2D eigenvalue weighted by molar-refractivity contribution is 5.77. The van der Waals surface area contributed by atoms with Crippen LogP contribution in [0, 0.1) is 17.8 Å². The third kappa shape index (κ3) is 6.62. The quantitative estimate of drug-likeness (QED) is 0.108. The van der Waals surface area contributed by atoms with E-state index in [4.69, 9.17) is 9.47 Å². The number of nitrogens with zero attached hydrogens (tertiary/aromatic N) is 2.